The molecule has 0 N–H and O–H groups in total. The van der Waals surface area contributed by atoms with Crippen LogP contribution in [0.3, 0.4) is 0 Å². The van der Waals surface area contributed by atoms with E-state index in [0.29, 0.717) is 12.1 Å². The molecule has 0 spiro atoms. The van der Waals surface area contributed by atoms with Crippen molar-refractivity contribution in [2.75, 3.05) is 13.7 Å². The van der Waals surface area contributed by atoms with Crippen molar-refractivity contribution in [2.45, 2.75) is 6.54 Å². The predicted molar refractivity (Wildman–Crippen MR) is 63.5 cm³/mol. The van der Waals surface area contributed by atoms with Gasteiger partial charge in [-0.2, -0.15) is 5.26 Å². The second-order valence-corrected chi connectivity index (χ2v) is 3.80. The highest BCUT2D eigenvalue weighted by molar-refractivity contribution is 5.85. The van der Waals surface area contributed by atoms with Crippen molar-refractivity contribution in [1.82, 2.24) is 4.57 Å². The molecule has 0 saturated heterocycles. The van der Waals surface area contributed by atoms with E-state index in [1.807, 2.05) is 29.0 Å². The zero-order valence-corrected chi connectivity index (χ0v) is 9.51. The van der Waals surface area contributed by atoms with Gasteiger partial charge in [-0.25, -0.2) is 0 Å². The maximum absolute atomic E-state index is 11.5. The maximum atomic E-state index is 11.5. The fraction of sp³-hybridized carbons (Fsp3) is 0.231. The van der Waals surface area contributed by atoms with Gasteiger partial charge in [0, 0.05) is 24.2 Å². The summed E-state index contributed by atoms with van der Waals surface area (Å²) in [6.07, 6.45) is 1.85. The molecule has 1 aromatic carbocycles. The van der Waals surface area contributed by atoms with Crippen molar-refractivity contribution >= 4 is 16.7 Å². The van der Waals surface area contributed by atoms with Gasteiger partial charge in [-0.1, -0.05) is 0 Å². The van der Waals surface area contributed by atoms with E-state index in [-0.39, 0.29) is 12.4 Å². The topological polar surface area (TPSA) is 55.0 Å². The molecule has 0 aliphatic heterocycles. The smallest absolute Gasteiger partial charge is 0.178 e. The van der Waals surface area contributed by atoms with Crippen molar-refractivity contribution in [3.8, 4) is 6.07 Å². The lowest BCUT2D eigenvalue weighted by Crippen LogP contribution is -2.14. The van der Waals surface area contributed by atoms with Gasteiger partial charge in [-0.05, 0) is 24.3 Å². The number of hydrogen-bond donors (Lipinski definition) is 0. The number of aromatic nitrogens is 1. The van der Waals surface area contributed by atoms with Crippen molar-refractivity contribution in [1.29, 1.82) is 5.26 Å². The van der Waals surface area contributed by atoms with Crippen LogP contribution in [0.5, 0.6) is 0 Å². The molecule has 0 fully saturated rings. The molecule has 2 rings (SSSR count). The minimum atomic E-state index is 0.0226. The number of rotatable bonds is 4. The Bertz CT molecular complexity index is 593. The Balaban J connectivity index is 2.31. The quantitative estimate of drug-likeness (QED) is 0.800. The molecule has 0 amide bonds. The molecule has 0 unspecified atom stereocenters. The first-order valence-corrected chi connectivity index (χ1v) is 5.24. The van der Waals surface area contributed by atoms with Crippen LogP contribution in [0.1, 0.15) is 5.56 Å². The molecule has 0 aliphatic carbocycles. The van der Waals surface area contributed by atoms with E-state index in [9.17, 15) is 4.79 Å². The van der Waals surface area contributed by atoms with Crippen molar-refractivity contribution < 1.29 is 9.53 Å². The first kappa shape index (κ1) is 11.4. The minimum absolute atomic E-state index is 0.0226. The summed E-state index contributed by atoms with van der Waals surface area (Å²) >= 11 is 0. The van der Waals surface area contributed by atoms with Crippen LogP contribution in [0.2, 0.25) is 0 Å². The first-order valence-electron chi connectivity index (χ1n) is 5.24. The number of methoxy groups -OCH3 is 1. The number of fused-ring (bicyclic) bond motifs is 1. The zero-order valence-electron chi connectivity index (χ0n) is 9.51. The van der Waals surface area contributed by atoms with Crippen LogP contribution in [0.15, 0.2) is 30.5 Å². The van der Waals surface area contributed by atoms with Gasteiger partial charge in [0.05, 0.1) is 18.2 Å². The van der Waals surface area contributed by atoms with Crippen molar-refractivity contribution in [3.05, 3.63) is 36.0 Å². The largest absolute Gasteiger partial charge is 0.377 e. The lowest BCUT2D eigenvalue weighted by molar-refractivity contribution is -0.123. The van der Waals surface area contributed by atoms with Gasteiger partial charge >= 0.3 is 0 Å². The Kier molecular flexibility index (Phi) is 3.22. The molecule has 0 radical (unpaired) electrons. The molecule has 1 aromatic heterocycles. The predicted octanol–water partition coefficient (Wildman–Crippen LogP) is 1.73. The zero-order chi connectivity index (χ0) is 12.3. The molecule has 4 heteroatoms. The Morgan fingerprint density at radius 2 is 2.29 bits per heavy atom. The molecular formula is C13H12N2O2. The van der Waals surface area contributed by atoms with E-state index < -0.39 is 0 Å². The van der Waals surface area contributed by atoms with E-state index in [1.54, 1.807) is 6.07 Å². The van der Waals surface area contributed by atoms with Crippen LogP contribution >= 0.6 is 0 Å². The number of nitriles is 1. The molecule has 0 saturated carbocycles. The number of carbonyl (C=O) groups excluding carboxylic acids is 1. The number of ether oxygens (including phenoxy) is 1. The Labute approximate surface area is 99.0 Å². The van der Waals surface area contributed by atoms with E-state index in [4.69, 9.17) is 10.00 Å². The number of benzene rings is 1. The highest BCUT2D eigenvalue weighted by Gasteiger charge is 2.06. The van der Waals surface area contributed by atoms with E-state index in [2.05, 4.69) is 6.07 Å². The highest BCUT2D eigenvalue weighted by atomic mass is 16.5. The maximum Gasteiger partial charge on any atom is 0.178 e. The molecule has 0 atom stereocenters. The molecule has 2 aromatic rings. The summed E-state index contributed by atoms with van der Waals surface area (Å²) in [7, 11) is 1.50. The molecule has 86 valence electrons. The lowest BCUT2D eigenvalue weighted by atomic mass is 10.2. The summed E-state index contributed by atoms with van der Waals surface area (Å²) < 4.78 is 6.65. The van der Waals surface area contributed by atoms with E-state index in [1.165, 1.54) is 7.11 Å². The Hall–Kier alpha value is -2.12. The number of nitrogens with zero attached hydrogens (tertiary/aromatic N) is 2. The van der Waals surface area contributed by atoms with Crippen LogP contribution in [0.25, 0.3) is 10.9 Å². The molecule has 1 heterocycles. The van der Waals surface area contributed by atoms with Gasteiger partial charge in [0.25, 0.3) is 0 Å². The third kappa shape index (κ3) is 2.35. The Morgan fingerprint density at radius 1 is 1.47 bits per heavy atom. The van der Waals surface area contributed by atoms with Crippen LogP contribution in [0.4, 0.5) is 0 Å². The van der Waals surface area contributed by atoms with Gasteiger partial charge < -0.3 is 9.30 Å². The average molecular weight is 228 g/mol. The fourth-order valence-corrected chi connectivity index (χ4v) is 1.80. The van der Waals surface area contributed by atoms with Gasteiger partial charge in [0.1, 0.15) is 6.61 Å². The standard InChI is InChI=1S/C13H12N2O2/c1-17-9-12(16)8-15-5-4-11-6-10(7-14)2-3-13(11)15/h2-6H,8-9H2,1H3. The third-order valence-corrected chi connectivity index (χ3v) is 2.55. The van der Waals surface area contributed by atoms with Crippen molar-refractivity contribution in [3.63, 3.8) is 0 Å². The lowest BCUT2D eigenvalue weighted by Gasteiger charge is -2.04. The normalized spacial score (nSPS) is 10.4. The van der Waals surface area contributed by atoms with Crippen LogP contribution in [-0.2, 0) is 16.1 Å². The summed E-state index contributed by atoms with van der Waals surface area (Å²) in [5, 5.41) is 9.76. The van der Waals surface area contributed by atoms with Gasteiger partial charge in [-0.15, -0.1) is 0 Å². The summed E-state index contributed by atoms with van der Waals surface area (Å²) in [5.74, 6) is 0.0226. The monoisotopic (exact) mass is 228 g/mol. The number of ketones is 1. The van der Waals surface area contributed by atoms with E-state index in [0.717, 1.165) is 10.9 Å². The summed E-state index contributed by atoms with van der Waals surface area (Å²) in [6, 6.07) is 9.41. The van der Waals surface area contributed by atoms with Crippen LogP contribution < -0.4 is 0 Å². The van der Waals surface area contributed by atoms with Crippen molar-refractivity contribution in [2.24, 2.45) is 0 Å². The molecule has 0 bridgehead atoms. The van der Waals surface area contributed by atoms with Gasteiger partial charge in [0.15, 0.2) is 5.78 Å². The Morgan fingerprint density at radius 3 is 3.00 bits per heavy atom. The second-order valence-electron chi connectivity index (χ2n) is 3.80. The molecule has 4 nitrogen and oxygen atoms in total. The third-order valence-electron chi connectivity index (χ3n) is 2.55. The highest BCUT2D eigenvalue weighted by Crippen LogP contribution is 2.17. The molecule has 0 aliphatic rings. The molecule has 17 heavy (non-hydrogen) atoms. The van der Waals surface area contributed by atoms with Gasteiger partial charge in [0.2, 0.25) is 0 Å². The average Bonchev–Trinajstić information content (AvgIpc) is 2.72. The second kappa shape index (κ2) is 4.81. The minimum Gasteiger partial charge on any atom is -0.377 e. The summed E-state index contributed by atoms with van der Waals surface area (Å²) in [5.41, 5.74) is 1.58. The van der Waals surface area contributed by atoms with Gasteiger partial charge in [-0.3, -0.25) is 4.79 Å². The summed E-state index contributed by atoms with van der Waals surface area (Å²) in [6.45, 7) is 0.416. The SMILES string of the molecule is COCC(=O)Cn1ccc2cc(C#N)ccc21. The summed E-state index contributed by atoms with van der Waals surface area (Å²) in [4.78, 5) is 11.5. The fourth-order valence-electron chi connectivity index (χ4n) is 1.80. The first-order chi connectivity index (χ1) is 8.24. The van der Waals surface area contributed by atoms with Crippen LogP contribution in [0, 0.1) is 11.3 Å². The number of Topliss-reactive ketones (excluding diaryl/α,β-unsaturated/α-hetero) is 1. The van der Waals surface area contributed by atoms with E-state index >= 15 is 0 Å². The molecular weight excluding hydrogens is 216 g/mol. The number of hydrogen-bond acceptors (Lipinski definition) is 3. The van der Waals surface area contributed by atoms with Crippen LogP contribution in [-0.4, -0.2) is 24.1 Å². The number of carbonyl (C=O) groups is 1.